The zero-order valence-corrected chi connectivity index (χ0v) is 20.2. The Kier molecular flexibility index (Phi) is 7.16. The molecule has 0 unspecified atom stereocenters. The lowest BCUT2D eigenvalue weighted by Gasteiger charge is -2.21. The van der Waals surface area contributed by atoms with Crippen LogP contribution in [-0.2, 0) is 4.79 Å². The van der Waals surface area contributed by atoms with Crippen LogP contribution in [0.25, 0.3) is 5.82 Å². The highest BCUT2D eigenvalue weighted by molar-refractivity contribution is 9.10. The van der Waals surface area contributed by atoms with E-state index in [2.05, 4.69) is 31.7 Å². The Hall–Kier alpha value is -3.68. The monoisotopic (exact) mass is 528 g/mol. The molecule has 2 heterocycles. The molecular formula is C22H18BrClN6O3. The minimum absolute atomic E-state index is 0.0455. The number of carbonyl (C=O) groups excluding carboxylic acids is 3. The maximum absolute atomic E-state index is 13.3. The summed E-state index contributed by atoms with van der Waals surface area (Å²) in [6, 6.07) is 9.81. The molecule has 0 aliphatic carbocycles. The Morgan fingerprint density at radius 1 is 1.27 bits per heavy atom. The molecule has 0 aliphatic heterocycles. The maximum Gasteiger partial charge on any atom is 0.274 e. The zero-order valence-electron chi connectivity index (χ0n) is 17.8. The van der Waals surface area contributed by atoms with Crippen molar-refractivity contribution < 1.29 is 14.4 Å². The fourth-order valence-corrected chi connectivity index (χ4v) is 3.80. The van der Waals surface area contributed by atoms with E-state index in [1.165, 1.54) is 24.6 Å². The normalized spacial score (nSPS) is 10.3. The van der Waals surface area contributed by atoms with Gasteiger partial charge in [0.2, 0.25) is 5.91 Å². The number of carbonyl (C=O) groups is 3. The molecule has 0 spiro atoms. The summed E-state index contributed by atoms with van der Waals surface area (Å²) < 4.78 is 2.14. The summed E-state index contributed by atoms with van der Waals surface area (Å²) in [7, 11) is 1.37. The van der Waals surface area contributed by atoms with Gasteiger partial charge in [-0.3, -0.25) is 29.4 Å². The highest BCUT2D eigenvalue weighted by atomic mass is 79.9. The van der Waals surface area contributed by atoms with Crippen LogP contribution in [0, 0.1) is 18.3 Å². The highest BCUT2D eigenvalue weighted by Gasteiger charge is 2.23. The molecule has 0 fully saturated rings. The van der Waals surface area contributed by atoms with Crippen molar-refractivity contribution in [2.45, 2.75) is 13.8 Å². The standard InChI is InChI=1S/C22H18BrClN6O3/c1-12-7-14(10-25)8-16(22(33)29(3)28-13(2)31)19(12)27-21(32)18-9-15(23)11-30(18)20-17(24)5-4-6-26-20/h4-9,11H,1-3H3,(H,27,32)(H,28,31). The van der Waals surface area contributed by atoms with E-state index in [1.54, 1.807) is 43.6 Å². The lowest BCUT2D eigenvalue weighted by atomic mass is 10.0. The van der Waals surface area contributed by atoms with Crippen molar-refractivity contribution in [2.24, 2.45) is 0 Å². The SMILES string of the molecule is CC(=O)NN(C)C(=O)c1cc(C#N)cc(C)c1NC(=O)c1cc(Br)cn1-c1ncccc1Cl. The molecule has 2 aromatic heterocycles. The smallest absolute Gasteiger partial charge is 0.274 e. The van der Waals surface area contributed by atoms with Gasteiger partial charge in [-0.2, -0.15) is 5.26 Å². The van der Waals surface area contributed by atoms with Gasteiger partial charge in [-0.05, 0) is 58.7 Å². The molecule has 0 atom stereocenters. The molecule has 168 valence electrons. The highest BCUT2D eigenvalue weighted by Crippen LogP contribution is 2.27. The van der Waals surface area contributed by atoms with Crippen LogP contribution in [0.4, 0.5) is 5.69 Å². The largest absolute Gasteiger partial charge is 0.320 e. The summed E-state index contributed by atoms with van der Waals surface area (Å²) in [5, 5.41) is 13.4. The summed E-state index contributed by atoms with van der Waals surface area (Å²) >= 11 is 9.62. The molecule has 0 aliphatic rings. The first-order valence-corrected chi connectivity index (χ1v) is 10.7. The number of aromatic nitrogens is 2. The minimum atomic E-state index is -0.606. The van der Waals surface area contributed by atoms with Crippen molar-refractivity contribution in [1.29, 1.82) is 5.26 Å². The van der Waals surface area contributed by atoms with E-state index in [4.69, 9.17) is 11.6 Å². The number of pyridine rings is 1. The molecule has 11 heteroatoms. The van der Waals surface area contributed by atoms with E-state index in [-0.39, 0.29) is 22.5 Å². The number of nitrogens with one attached hydrogen (secondary N) is 2. The predicted molar refractivity (Wildman–Crippen MR) is 126 cm³/mol. The average molecular weight is 530 g/mol. The van der Waals surface area contributed by atoms with Crippen LogP contribution in [0.1, 0.15) is 38.9 Å². The van der Waals surface area contributed by atoms with E-state index in [9.17, 15) is 19.6 Å². The minimum Gasteiger partial charge on any atom is -0.320 e. The van der Waals surface area contributed by atoms with Gasteiger partial charge in [0.1, 0.15) is 5.69 Å². The van der Waals surface area contributed by atoms with Crippen molar-refractivity contribution in [3.63, 3.8) is 0 Å². The van der Waals surface area contributed by atoms with Gasteiger partial charge < -0.3 is 5.32 Å². The first-order chi connectivity index (χ1) is 15.6. The third-order valence-electron chi connectivity index (χ3n) is 4.55. The van der Waals surface area contributed by atoms with Crippen LogP contribution < -0.4 is 10.7 Å². The van der Waals surface area contributed by atoms with Gasteiger partial charge in [0, 0.05) is 30.8 Å². The quantitative estimate of drug-likeness (QED) is 0.498. The van der Waals surface area contributed by atoms with E-state index in [0.29, 0.717) is 20.9 Å². The number of nitriles is 1. The molecule has 9 nitrogen and oxygen atoms in total. The zero-order chi connectivity index (χ0) is 24.3. The summed E-state index contributed by atoms with van der Waals surface area (Å²) in [6.45, 7) is 2.93. The maximum atomic E-state index is 13.3. The van der Waals surface area contributed by atoms with E-state index in [0.717, 1.165) is 5.01 Å². The molecule has 33 heavy (non-hydrogen) atoms. The number of nitrogens with zero attached hydrogens (tertiary/aromatic N) is 4. The van der Waals surface area contributed by atoms with Crippen molar-refractivity contribution >= 4 is 50.9 Å². The van der Waals surface area contributed by atoms with Crippen molar-refractivity contribution in [3.8, 4) is 11.9 Å². The lowest BCUT2D eigenvalue weighted by molar-refractivity contribution is -0.122. The van der Waals surface area contributed by atoms with Crippen molar-refractivity contribution in [2.75, 3.05) is 12.4 Å². The van der Waals surface area contributed by atoms with Crippen LogP contribution in [0.5, 0.6) is 0 Å². The lowest BCUT2D eigenvalue weighted by Crippen LogP contribution is -2.42. The van der Waals surface area contributed by atoms with E-state index >= 15 is 0 Å². The number of aryl methyl sites for hydroxylation is 1. The van der Waals surface area contributed by atoms with Gasteiger partial charge in [0.15, 0.2) is 5.82 Å². The van der Waals surface area contributed by atoms with Gasteiger partial charge in [-0.25, -0.2) is 4.98 Å². The molecule has 1 aromatic carbocycles. The molecule has 0 radical (unpaired) electrons. The Labute approximate surface area is 203 Å². The summed E-state index contributed by atoms with van der Waals surface area (Å²) in [6.07, 6.45) is 3.20. The Morgan fingerprint density at radius 3 is 2.64 bits per heavy atom. The number of hydrogen-bond acceptors (Lipinski definition) is 5. The number of amides is 3. The fourth-order valence-electron chi connectivity index (χ4n) is 3.17. The predicted octanol–water partition coefficient (Wildman–Crippen LogP) is 3.84. The molecule has 0 bridgehead atoms. The number of halogens is 2. The van der Waals surface area contributed by atoms with Gasteiger partial charge in [-0.1, -0.05) is 11.6 Å². The molecule has 0 saturated heterocycles. The van der Waals surface area contributed by atoms with E-state index < -0.39 is 17.7 Å². The molecule has 0 saturated carbocycles. The van der Waals surface area contributed by atoms with Crippen LogP contribution in [0.3, 0.4) is 0 Å². The fraction of sp³-hybridized carbons (Fsp3) is 0.136. The molecule has 3 rings (SSSR count). The third-order valence-corrected chi connectivity index (χ3v) is 5.28. The first-order valence-electron chi connectivity index (χ1n) is 9.52. The Morgan fingerprint density at radius 2 is 2.00 bits per heavy atom. The van der Waals surface area contributed by atoms with Crippen LogP contribution >= 0.6 is 27.5 Å². The molecular weight excluding hydrogens is 512 g/mol. The number of hydrazine groups is 1. The Balaban J connectivity index is 2.05. The first kappa shape index (κ1) is 24.0. The summed E-state index contributed by atoms with van der Waals surface area (Å²) in [4.78, 5) is 41.9. The molecule has 2 N–H and O–H groups in total. The summed E-state index contributed by atoms with van der Waals surface area (Å²) in [5.41, 5.74) is 3.55. The topological polar surface area (TPSA) is 120 Å². The number of anilines is 1. The van der Waals surface area contributed by atoms with Gasteiger partial charge >= 0.3 is 0 Å². The van der Waals surface area contributed by atoms with Crippen molar-refractivity contribution in [3.05, 3.63) is 74.6 Å². The average Bonchev–Trinajstić information content (AvgIpc) is 3.15. The summed E-state index contributed by atoms with van der Waals surface area (Å²) in [5.74, 6) is -1.23. The van der Waals surface area contributed by atoms with E-state index in [1.807, 2.05) is 6.07 Å². The van der Waals surface area contributed by atoms with Crippen LogP contribution in [-0.4, -0.2) is 39.3 Å². The number of hydrogen-bond donors (Lipinski definition) is 2. The van der Waals surface area contributed by atoms with Crippen LogP contribution in [0.15, 0.2) is 47.2 Å². The van der Waals surface area contributed by atoms with Crippen molar-refractivity contribution in [1.82, 2.24) is 20.0 Å². The second-order valence-corrected chi connectivity index (χ2v) is 8.36. The number of benzene rings is 1. The van der Waals surface area contributed by atoms with Crippen LogP contribution in [0.2, 0.25) is 5.02 Å². The Bertz CT molecular complexity index is 1310. The number of rotatable bonds is 4. The molecule has 3 aromatic rings. The molecule has 3 amide bonds. The van der Waals surface area contributed by atoms with Gasteiger partial charge in [-0.15, -0.1) is 0 Å². The second kappa shape index (κ2) is 9.85. The third kappa shape index (κ3) is 5.22. The van der Waals surface area contributed by atoms with Gasteiger partial charge in [0.05, 0.1) is 27.9 Å². The second-order valence-electron chi connectivity index (χ2n) is 7.04. The van der Waals surface area contributed by atoms with Gasteiger partial charge in [0.25, 0.3) is 11.8 Å².